The zero-order chi connectivity index (χ0) is 13.2. The van der Waals surface area contributed by atoms with E-state index in [0.29, 0.717) is 22.5 Å². The Morgan fingerprint density at radius 1 is 1.26 bits per heavy atom. The van der Waals surface area contributed by atoms with Gasteiger partial charge in [0, 0.05) is 22.8 Å². The fraction of sp³-hybridized carbons (Fsp3) is 0.846. The molecule has 19 heavy (non-hydrogen) atoms. The molecule has 0 aromatic carbocycles. The highest BCUT2D eigenvalue weighted by atomic mass is 32.2. The van der Waals surface area contributed by atoms with E-state index in [-0.39, 0.29) is 0 Å². The van der Waals surface area contributed by atoms with E-state index in [4.69, 9.17) is 9.51 Å². The highest BCUT2D eigenvalue weighted by Gasteiger charge is 2.34. The molecule has 1 aliphatic heterocycles. The van der Waals surface area contributed by atoms with Crippen LogP contribution < -0.4 is 5.32 Å². The molecule has 4 atom stereocenters. The summed E-state index contributed by atoms with van der Waals surface area (Å²) in [6.45, 7) is 2.27. The minimum atomic E-state index is 0.394. The Balaban J connectivity index is 1.75. The van der Waals surface area contributed by atoms with Gasteiger partial charge >= 0.3 is 0 Å². The Morgan fingerprint density at radius 3 is 2.89 bits per heavy atom. The summed E-state index contributed by atoms with van der Waals surface area (Å²) in [5, 5.41) is 8.60. The summed E-state index contributed by atoms with van der Waals surface area (Å²) in [5.74, 6) is 4.57. The minimum Gasteiger partial charge on any atom is -0.339 e. The molecule has 2 heterocycles. The smallest absolute Gasteiger partial charge is 0.231 e. The first kappa shape index (κ1) is 13.8. The van der Waals surface area contributed by atoms with Crippen LogP contribution in [0.3, 0.4) is 0 Å². The standard InChI is InChI=1S/C13H21N3OS2/c1-8-11(19-7-6-18-8)12-15-13(17-16-12)9-4-3-5-10(9)14-2/h8-11,14H,3-7H2,1-2H3. The van der Waals surface area contributed by atoms with Crippen molar-refractivity contribution in [3.63, 3.8) is 0 Å². The van der Waals surface area contributed by atoms with Crippen LogP contribution in [0, 0.1) is 0 Å². The van der Waals surface area contributed by atoms with Crippen LogP contribution in [0.5, 0.6) is 0 Å². The van der Waals surface area contributed by atoms with Crippen LogP contribution in [-0.2, 0) is 0 Å². The van der Waals surface area contributed by atoms with E-state index in [9.17, 15) is 0 Å². The van der Waals surface area contributed by atoms with Crippen molar-refractivity contribution in [3.05, 3.63) is 11.7 Å². The van der Waals surface area contributed by atoms with Gasteiger partial charge in [0.2, 0.25) is 5.89 Å². The second-order valence-corrected chi connectivity index (χ2v) is 8.03. The van der Waals surface area contributed by atoms with E-state index in [1.807, 2.05) is 30.6 Å². The van der Waals surface area contributed by atoms with Crippen molar-refractivity contribution in [2.24, 2.45) is 0 Å². The van der Waals surface area contributed by atoms with Crippen LogP contribution in [0.15, 0.2) is 4.52 Å². The molecular weight excluding hydrogens is 278 g/mol. The summed E-state index contributed by atoms with van der Waals surface area (Å²) in [7, 11) is 2.02. The van der Waals surface area contributed by atoms with Gasteiger partial charge in [-0.1, -0.05) is 18.5 Å². The van der Waals surface area contributed by atoms with E-state index < -0.39 is 0 Å². The Labute approximate surface area is 122 Å². The molecule has 1 N–H and O–H groups in total. The second kappa shape index (κ2) is 6.06. The zero-order valence-corrected chi connectivity index (χ0v) is 13.1. The molecule has 0 amide bonds. The first-order valence-corrected chi connectivity index (χ1v) is 9.13. The van der Waals surface area contributed by atoms with Gasteiger partial charge in [-0.2, -0.15) is 16.7 Å². The summed E-state index contributed by atoms with van der Waals surface area (Å²) in [6, 6.07) is 0.499. The fourth-order valence-corrected chi connectivity index (χ4v) is 5.71. The monoisotopic (exact) mass is 299 g/mol. The maximum Gasteiger partial charge on any atom is 0.231 e. The molecule has 1 aromatic rings. The van der Waals surface area contributed by atoms with Gasteiger partial charge in [0.25, 0.3) is 0 Å². The molecule has 1 saturated heterocycles. The molecular formula is C13H21N3OS2. The fourth-order valence-electron chi connectivity index (χ4n) is 3.03. The number of nitrogens with one attached hydrogen (secondary N) is 1. The minimum absolute atomic E-state index is 0.394. The molecule has 0 spiro atoms. The lowest BCUT2D eigenvalue weighted by atomic mass is 10.0. The number of aromatic nitrogens is 2. The Kier molecular flexibility index (Phi) is 4.39. The maximum atomic E-state index is 5.56. The van der Waals surface area contributed by atoms with E-state index in [0.717, 1.165) is 18.1 Å². The van der Waals surface area contributed by atoms with E-state index >= 15 is 0 Å². The molecule has 1 saturated carbocycles. The van der Waals surface area contributed by atoms with Crippen molar-refractivity contribution < 1.29 is 4.52 Å². The zero-order valence-electron chi connectivity index (χ0n) is 11.5. The Hall–Kier alpha value is -0.200. The van der Waals surface area contributed by atoms with Gasteiger partial charge in [0.15, 0.2) is 5.82 Å². The molecule has 3 rings (SSSR count). The number of thioether (sulfide) groups is 2. The van der Waals surface area contributed by atoms with Crippen molar-refractivity contribution in [3.8, 4) is 0 Å². The largest absolute Gasteiger partial charge is 0.339 e. The molecule has 0 bridgehead atoms. The van der Waals surface area contributed by atoms with Crippen LogP contribution in [-0.4, -0.2) is 40.0 Å². The van der Waals surface area contributed by atoms with Crippen molar-refractivity contribution in [2.45, 2.75) is 48.6 Å². The molecule has 106 valence electrons. The van der Waals surface area contributed by atoms with Gasteiger partial charge in [-0.3, -0.25) is 0 Å². The van der Waals surface area contributed by atoms with Gasteiger partial charge < -0.3 is 9.84 Å². The predicted molar refractivity (Wildman–Crippen MR) is 80.9 cm³/mol. The molecule has 0 radical (unpaired) electrons. The highest BCUT2D eigenvalue weighted by Crippen LogP contribution is 2.42. The lowest BCUT2D eigenvalue weighted by Crippen LogP contribution is -2.27. The van der Waals surface area contributed by atoms with E-state index in [1.54, 1.807) is 0 Å². The lowest BCUT2D eigenvalue weighted by Gasteiger charge is -2.24. The highest BCUT2D eigenvalue weighted by molar-refractivity contribution is 8.06. The Bertz CT molecular complexity index is 409. The average Bonchev–Trinajstić information content (AvgIpc) is 3.07. The molecule has 1 aliphatic carbocycles. The molecule has 1 aromatic heterocycles. The van der Waals surface area contributed by atoms with Crippen LogP contribution >= 0.6 is 23.5 Å². The molecule has 2 aliphatic rings. The van der Waals surface area contributed by atoms with Gasteiger partial charge in [-0.05, 0) is 19.9 Å². The first-order chi connectivity index (χ1) is 9.29. The van der Waals surface area contributed by atoms with E-state index in [2.05, 4.69) is 17.4 Å². The molecule has 4 nitrogen and oxygen atoms in total. The van der Waals surface area contributed by atoms with Crippen molar-refractivity contribution in [1.29, 1.82) is 0 Å². The summed E-state index contributed by atoms with van der Waals surface area (Å²) in [4.78, 5) is 4.71. The number of hydrogen-bond acceptors (Lipinski definition) is 6. The molecule has 6 heteroatoms. The summed E-state index contributed by atoms with van der Waals surface area (Å²) >= 11 is 3.98. The molecule has 2 fully saturated rings. The van der Waals surface area contributed by atoms with Crippen LogP contribution in [0.2, 0.25) is 0 Å². The summed E-state index contributed by atoms with van der Waals surface area (Å²) in [6.07, 6.45) is 3.62. The van der Waals surface area contributed by atoms with Crippen molar-refractivity contribution >= 4 is 23.5 Å². The second-order valence-electron chi connectivity index (χ2n) is 5.29. The van der Waals surface area contributed by atoms with Crippen LogP contribution in [0.25, 0.3) is 0 Å². The third kappa shape index (κ3) is 2.81. The molecule has 4 unspecified atom stereocenters. The normalized spacial score (nSPS) is 35.7. The maximum absolute atomic E-state index is 5.56. The SMILES string of the molecule is CNC1CCCC1c1nc(C2SCCSC2C)no1. The average molecular weight is 299 g/mol. The third-order valence-corrected chi connectivity index (χ3v) is 7.19. The number of likely N-dealkylation sites (N-methyl/N-ethyl adjacent to an activating group) is 1. The van der Waals surface area contributed by atoms with Gasteiger partial charge in [-0.25, -0.2) is 0 Å². The number of nitrogens with zero attached hydrogens (tertiary/aromatic N) is 2. The van der Waals surface area contributed by atoms with E-state index in [1.165, 1.54) is 24.3 Å². The third-order valence-electron chi connectivity index (χ3n) is 4.10. The number of rotatable bonds is 3. The summed E-state index contributed by atoms with van der Waals surface area (Å²) < 4.78 is 5.56. The van der Waals surface area contributed by atoms with Crippen LogP contribution in [0.4, 0.5) is 0 Å². The predicted octanol–water partition coefficient (Wildman–Crippen LogP) is 2.83. The lowest BCUT2D eigenvalue weighted by molar-refractivity contribution is 0.332. The first-order valence-electron chi connectivity index (χ1n) is 7.03. The van der Waals surface area contributed by atoms with Crippen molar-refractivity contribution in [2.75, 3.05) is 18.6 Å². The van der Waals surface area contributed by atoms with Gasteiger partial charge in [0.1, 0.15) is 0 Å². The quantitative estimate of drug-likeness (QED) is 0.926. The topological polar surface area (TPSA) is 51.0 Å². The Morgan fingerprint density at radius 2 is 2.11 bits per heavy atom. The van der Waals surface area contributed by atoms with Crippen molar-refractivity contribution in [1.82, 2.24) is 15.5 Å². The van der Waals surface area contributed by atoms with Gasteiger partial charge in [-0.15, -0.1) is 11.8 Å². The number of hydrogen-bond donors (Lipinski definition) is 1. The summed E-state index contributed by atoms with van der Waals surface area (Å²) in [5.41, 5.74) is 0. The van der Waals surface area contributed by atoms with Gasteiger partial charge in [0.05, 0.1) is 11.2 Å². The van der Waals surface area contributed by atoms with Crippen LogP contribution in [0.1, 0.15) is 49.1 Å².